The molecule has 2 aromatic rings. The molecular formula is C23H34N4O3S. The van der Waals surface area contributed by atoms with Crippen LogP contribution in [0.2, 0.25) is 0 Å². The predicted molar refractivity (Wildman–Crippen MR) is 123 cm³/mol. The Morgan fingerprint density at radius 3 is 2.52 bits per heavy atom. The van der Waals surface area contributed by atoms with Crippen LogP contribution < -0.4 is 11.1 Å². The van der Waals surface area contributed by atoms with Gasteiger partial charge in [0.15, 0.2) is 0 Å². The standard InChI is InChI=1S/C23H34N4O3S/c1-14-19(31-13-25-14)16-8-6-15(7-9-16)11-26-23(5,30)18-10-17(28)12-27(18)21(29)20(24)22(2,3)4/h6-9,13,17-18,20,26,28,30H,10-12,24H2,1-5H3/t17-,18+,20-,23?/m1/s1. The van der Waals surface area contributed by atoms with Crippen molar-refractivity contribution >= 4 is 17.2 Å². The largest absolute Gasteiger partial charge is 0.391 e. The molecule has 0 aliphatic carbocycles. The van der Waals surface area contributed by atoms with Gasteiger partial charge in [-0.15, -0.1) is 11.3 Å². The molecule has 1 aliphatic rings. The molecule has 1 fully saturated rings. The fourth-order valence-electron chi connectivity index (χ4n) is 3.89. The highest BCUT2D eigenvalue weighted by Crippen LogP contribution is 2.30. The van der Waals surface area contributed by atoms with Gasteiger partial charge >= 0.3 is 0 Å². The van der Waals surface area contributed by atoms with Crippen LogP contribution in [0, 0.1) is 12.3 Å². The molecule has 1 aromatic carbocycles. The van der Waals surface area contributed by atoms with Crippen molar-refractivity contribution in [1.29, 1.82) is 0 Å². The number of thiazole rings is 1. The lowest BCUT2D eigenvalue weighted by atomic mass is 9.86. The molecule has 1 amide bonds. The summed E-state index contributed by atoms with van der Waals surface area (Å²) in [6.45, 7) is 9.96. The maximum atomic E-state index is 13.0. The lowest BCUT2D eigenvalue weighted by Crippen LogP contribution is -2.61. The number of rotatable bonds is 6. The summed E-state index contributed by atoms with van der Waals surface area (Å²) in [4.78, 5) is 20.0. The second-order valence-corrected chi connectivity index (χ2v) is 10.6. The topological polar surface area (TPSA) is 112 Å². The number of carbonyl (C=O) groups is 1. The maximum Gasteiger partial charge on any atom is 0.240 e. The van der Waals surface area contributed by atoms with Crippen molar-refractivity contribution in [2.24, 2.45) is 11.1 Å². The number of carbonyl (C=O) groups excluding carboxylic acids is 1. The Labute approximate surface area is 188 Å². The van der Waals surface area contributed by atoms with Crippen LogP contribution in [0.1, 0.15) is 45.4 Å². The van der Waals surface area contributed by atoms with Gasteiger partial charge in [-0.1, -0.05) is 45.0 Å². The predicted octanol–water partition coefficient (Wildman–Crippen LogP) is 2.25. The van der Waals surface area contributed by atoms with E-state index in [-0.39, 0.29) is 12.5 Å². The summed E-state index contributed by atoms with van der Waals surface area (Å²) in [7, 11) is 0. The molecule has 31 heavy (non-hydrogen) atoms. The molecule has 1 aromatic heterocycles. The van der Waals surface area contributed by atoms with Gasteiger partial charge < -0.3 is 20.8 Å². The Kier molecular flexibility index (Phi) is 6.88. The van der Waals surface area contributed by atoms with Crippen LogP contribution in [-0.2, 0) is 11.3 Å². The SMILES string of the molecule is Cc1ncsc1-c1ccc(CNC(C)(O)[C@@H]2C[C@@H](O)CN2C(=O)[C@@H](N)C(C)(C)C)cc1. The average Bonchev–Trinajstić information content (AvgIpc) is 3.31. The van der Waals surface area contributed by atoms with Gasteiger partial charge in [0.2, 0.25) is 5.91 Å². The zero-order valence-electron chi connectivity index (χ0n) is 18.9. The lowest BCUT2D eigenvalue weighted by molar-refractivity contribution is -0.142. The number of aromatic nitrogens is 1. The molecule has 0 bridgehead atoms. The quantitative estimate of drug-likeness (QED) is 0.507. The molecule has 4 atom stereocenters. The van der Waals surface area contributed by atoms with Gasteiger partial charge in [0.05, 0.1) is 34.3 Å². The number of nitrogens with two attached hydrogens (primary N) is 1. The minimum Gasteiger partial charge on any atom is -0.391 e. The summed E-state index contributed by atoms with van der Waals surface area (Å²) in [5.41, 5.74) is 9.36. The third-order valence-corrected chi connectivity index (χ3v) is 7.00. The molecular weight excluding hydrogens is 412 g/mol. The monoisotopic (exact) mass is 446 g/mol. The first-order valence-electron chi connectivity index (χ1n) is 10.6. The number of nitrogens with zero attached hydrogens (tertiary/aromatic N) is 2. The van der Waals surface area contributed by atoms with Gasteiger partial charge in [-0.3, -0.25) is 10.1 Å². The van der Waals surface area contributed by atoms with E-state index in [1.54, 1.807) is 18.3 Å². The molecule has 1 saturated heterocycles. The zero-order valence-corrected chi connectivity index (χ0v) is 19.7. The summed E-state index contributed by atoms with van der Waals surface area (Å²) in [6, 6.07) is 6.84. The molecule has 8 heteroatoms. The summed E-state index contributed by atoms with van der Waals surface area (Å²) in [5.74, 6) is -0.250. The van der Waals surface area contributed by atoms with E-state index in [1.807, 2.05) is 57.5 Å². The number of aryl methyl sites for hydroxylation is 1. The highest BCUT2D eigenvalue weighted by molar-refractivity contribution is 7.13. The van der Waals surface area contributed by atoms with E-state index in [1.165, 1.54) is 4.90 Å². The fraction of sp³-hybridized carbons (Fsp3) is 0.565. The smallest absolute Gasteiger partial charge is 0.240 e. The Morgan fingerprint density at radius 2 is 1.97 bits per heavy atom. The number of β-amino-alcohol motifs (C(OH)–C–C–N with tert-alkyl or cyclic N) is 1. The summed E-state index contributed by atoms with van der Waals surface area (Å²) < 4.78 is 0. The van der Waals surface area contributed by atoms with Crippen LogP contribution in [0.25, 0.3) is 10.4 Å². The van der Waals surface area contributed by atoms with Gasteiger partial charge in [-0.25, -0.2) is 4.98 Å². The molecule has 0 spiro atoms. The average molecular weight is 447 g/mol. The van der Waals surface area contributed by atoms with Crippen LogP contribution in [0.3, 0.4) is 0 Å². The zero-order chi connectivity index (χ0) is 23.0. The number of hydrogen-bond acceptors (Lipinski definition) is 7. The normalized spacial score (nSPS) is 22.4. The Balaban J connectivity index is 1.69. The van der Waals surface area contributed by atoms with Gasteiger partial charge in [0, 0.05) is 13.1 Å². The van der Waals surface area contributed by atoms with E-state index in [2.05, 4.69) is 10.3 Å². The van der Waals surface area contributed by atoms with E-state index in [0.29, 0.717) is 13.0 Å². The second kappa shape index (κ2) is 8.96. The van der Waals surface area contributed by atoms with Crippen LogP contribution in [0.4, 0.5) is 0 Å². The summed E-state index contributed by atoms with van der Waals surface area (Å²) in [6.07, 6.45) is -0.386. The van der Waals surface area contributed by atoms with E-state index < -0.39 is 29.3 Å². The van der Waals surface area contributed by atoms with Crippen molar-refractivity contribution in [2.45, 2.75) is 71.5 Å². The lowest BCUT2D eigenvalue weighted by Gasteiger charge is -2.39. The maximum absolute atomic E-state index is 13.0. The van der Waals surface area contributed by atoms with Crippen molar-refractivity contribution in [3.05, 3.63) is 41.0 Å². The Morgan fingerprint density at radius 1 is 1.32 bits per heavy atom. The van der Waals surface area contributed by atoms with Crippen LogP contribution in [-0.4, -0.2) is 56.5 Å². The molecule has 2 heterocycles. The van der Waals surface area contributed by atoms with Crippen LogP contribution in [0.5, 0.6) is 0 Å². The molecule has 1 aliphatic heterocycles. The minimum absolute atomic E-state index is 0.175. The summed E-state index contributed by atoms with van der Waals surface area (Å²) >= 11 is 1.61. The third kappa shape index (κ3) is 5.32. The van der Waals surface area contributed by atoms with Gasteiger partial charge in [-0.05, 0) is 36.8 Å². The molecule has 0 saturated carbocycles. The van der Waals surface area contributed by atoms with Gasteiger partial charge in [0.1, 0.15) is 5.72 Å². The number of likely N-dealkylation sites (tertiary alicyclic amines) is 1. The molecule has 170 valence electrons. The van der Waals surface area contributed by atoms with Gasteiger partial charge in [-0.2, -0.15) is 0 Å². The number of aliphatic hydroxyl groups excluding tert-OH is 1. The minimum atomic E-state index is -1.38. The molecule has 5 N–H and O–H groups in total. The molecule has 0 radical (unpaired) electrons. The number of hydrogen-bond donors (Lipinski definition) is 4. The first-order chi connectivity index (χ1) is 14.4. The van der Waals surface area contributed by atoms with Crippen molar-refractivity contribution in [2.75, 3.05) is 6.54 Å². The van der Waals surface area contributed by atoms with E-state index >= 15 is 0 Å². The number of aliphatic hydroxyl groups is 2. The highest BCUT2D eigenvalue weighted by atomic mass is 32.1. The second-order valence-electron chi connectivity index (χ2n) is 9.70. The Hall–Kier alpha value is -1.84. The molecule has 7 nitrogen and oxygen atoms in total. The Bertz CT molecular complexity index is 904. The van der Waals surface area contributed by atoms with Crippen LogP contribution in [0.15, 0.2) is 29.8 Å². The van der Waals surface area contributed by atoms with Crippen molar-refractivity contribution in [3.63, 3.8) is 0 Å². The first-order valence-corrected chi connectivity index (χ1v) is 11.5. The molecule has 1 unspecified atom stereocenters. The fourth-order valence-corrected chi connectivity index (χ4v) is 4.70. The number of nitrogens with one attached hydrogen (secondary N) is 1. The van der Waals surface area contributed by atoms with Crippen LogP contribution >= 0.6 is 11.3 Å². The number of amides is 1. The summed E-state index contributed by atoms with van der Waals surface area (Å²) in [5, 5.41) is 24.6. The van der Waals surface area contributed by atoms with E-state index in [9.17, 15) is 15.0 Å². The van der Waals surface area contributed by atoms with Crippen molar-refractivity contribution in [1.82, 2.24) is 15.2 Å². The number of benzene rings is 1. The van der Waals surface area contributed by atoms with E-state index in [4.69, 9.17) is 5.73 Å². The molecule has 3 rings (SSSR count). The van der Waals surface area contributed by atoms with Crippen molar-refractivity contribution in [3.8, 4) is 10.4 Å². The van der Waals surface area contributed by atoms with Gasteiger partial charge in [0.25, 0.3) is 0 Å². The third-order valence-electron chi connectivity index (χ3n) is 6.02. The first kappa shape index (κ1) is 23.8. The highest BCUT2D eigenvalue weighted by Gasteiger charge is 2.47. The van der Waals surface area contributed by atoms with Crippen molar-refractivity contribution < 1.29 is 15.0 Å². The van der Waals surface area contributed by atoms with E-state index in [0.717, 1.165) is 21.7 Å².